The number of aryl methyl sites for hydroxylation is 1. The maximum absolute atomic E-state index is 12.6. The van der Waals surface area contributed by atoms with E-state index in [4.69, 9.17) is 4.74 Å². The number of piperidine rings is 1. The molecule has 0 radical (unpaired) electrons. The van der Waals surface area contributed by atoms with Gasteiger partial charge in [0.2, 0.25) is 11.8 Å². The van der Waals surface area contributed by atoms with Gasteiger partial charge < -0.3 is 15.0 Å². The van der Waals surface area contributed by atoms with Gasteiger partial charge in [-0.15, -0.1) is 15.3 Å². The van der Waals surface area contributed by atoms with Crippen LogP contribution in [0, 0.1) is 5.92 Å². The number of benzene rings is 1. The highest BCUT2D eigenvalue weighted by Crippen LogP contribution is 2.21. The molecule has 1 amide bonds. The van der Waals surface area contributed by atoms with E-state index < -0.39 is 0 Å². The van der Waals surface area contributed by atoms with Crippen LogP contribution in [0.15, 0.2) is 59.4 Å². The van der Waals surface area contributed by atoms with E-state index in [2.05, 4.69) is 30.6 Å². The zero-order valence-electron chi connectivity index (χ0n) is 19.4. The summed E-state index contributed by atoms with van der Waals surface area (Å²) < 4.78 is 8.74. The second-order valence-corrected chi connectivity index (χ2v) is 8.39. The molecule has 11 heteroatoms. The molecule has 11 nitrogen and oxygen atoms in total. The number of hydrogen-bond donors (Lipinski definition) is 1. The highest BCUT2D eigenvalue weighted by Gasteiger charge is 2.25. The molecule has 1 saturated heterocycles. The fourth-order valence-electron chi connectivity index (χ4n) is 4.12. The van der Waals surface area contributed by atoms with Crippen molar-refractivity contribution >= 4 is 17.4 Å². The number of rotatable bonds is 7. The SMILES string of the molecule is Cn1nc(N2CCC(C(=O)NCCOc3ccc4nnc(-c5ccccc5)n4n3)CC2)ccc1=O. The number of anilines is 1. The summed E-state index contributed by atoms with van der Waals surface area (Å²) in [5.41, 5.74) is 1.40. The van der Waals surface area contributed by atoms with Gasteiger partial charge in [0, 0.05) is 43.8 Å². The lowest BCUT2D eigenvalue weighted by Gasteiger charge is -2.32. The molecule has 0 spiro atoms. The molecule has 0 bridgehead atoms. The van der Waals surface area contributed by atoms with E-state index in [1.165, 1.54) is 10.7 Å². The Morgan fingerprint density at radius 3 is 2.60 bits per heavy atom. The Kier molecular flexibility index (Phi) is 6.38. The summed E-state index contributed by atoms with van der Waals surface area (Å²) >= 11 is 0. The minimum atomic E-state index is -0.140. The topological polar surface area (TPSA) is 120 Å². The molecule has 1 aliphatic heterocycles. The maximum atomic E-state index is 12.6. The van der Waals surface area contributed by atoms with Gasteiger partial charge in [-0.05, 0) is 25.0 Å². The van der Waals surface area contributed by atoms with Crippen LogP contribution in [0.2, 0.25) is 0 Å². The van der Waals surface area contributed by atoms with Crippen LogP contribution in [0.3, 0.4) is 0 Å². The third-order valence-corrected chi connectivity index (χ3v) is 6.06. The van der Waals surface area contributed by atoms with E-state index in [0.29, 0.717) is 43.6 Å². The third-order valence-electron chi connectivity index (χ3n) is 6.06. The molecule has 1 aromatic carbocycles. The minimum absolute atomic E-state index is 0.0234. The number of fused-ring (bicyclic) bond motifs is 1. The Morgan fingerprint density at radius 2 is 1.83 bits per heavy atom. The summed E-state index contributed by atoms with van der Waals surface area (Å²) in [4.78, 5) is 26.2. The Morgan fingerprint density at radius 1 is 1.03 bits per heavy atom. The van der Waals surface area contributed by atoms with E-state index in [0.717, 1.165) is 24.2 Å². The monoisotopic (exact) mass is 474 g/mol. The van der Waals surface area contributed by atoms with Gasteiger partial charge >= 0.3 is 0 Å². The Balaban J connectivity index is 1.10. The van der Waals surface area contributed by atoms with Gasteiger partial charge in [0.05, 0.1) is 6.54 Å². The van der Waals surface area contributed by atoms with Crippen molar-refractivity contribution in [1.82, 2.24) is 34.9 Å². The Labute approximate surface area is 201 Å². The number of carbonyl (C=O) groups is 1. The highest BCUT2D eigenvalue weighted by molar-refractivity contribution is 5.79. The summed E-state index contributed by atoms with van der Waals surface area (Å²) in [7, 11) is 1.64. The lowest BCUT2D eigenvalue weighted by atomic mass is 9.96. The van der Waals surface area contributed by atoms with Crippen molar-refractivity contribution in [3.63, 3.8) is 0 Å². The predicted molar refractivity (Wildman–Crippen MR) is 129 cm³/mol. The summed E-state index contributed by atoms with van der Waals surface area (Å²) in [6.45, 7) is 2.11. The van der Waals surface area contributed by atoms with Crippen molar-refractivity contribution in [2.45, 2.75) is 12.8 Å². The van der Waals surface area contributed by atoms with Crippen LogP contribution in [0.4, 0.5) is 5.82 Å². The quantitative estimate of drug-likeness (QED) is 0.398. The summed E-state index contributed by atoms with van der Waals surface area (Å²) in [5.74, 6) is 1.79. The van der Waals surface area contributed by atoms with Gasteiger partial charge in [0.15, 0.2) is 11.5 Å². The first kappa shape index (κ1) is 22.5. The van der Waals surface area contributed by atoms with Crippen LogP contribution in [-0.2, 0) is 11.8 Å². The molecule has 4 heterocycles. The minimum Gasteiger partial charge on any atom is -0.475 e. The number of amides is 1. The zero-order valence-corrected chi connectivity index (χ0v) is 19.4. The largest absolute Gasteiger partial charge is 0.475 e. The fraction of sp³-hybridized carbons (Fsp3) is 0.333. The molecule has 5 rings (SSSR count). The maximum Gasteiger partial charge on any atom is 0.266 e. The highest BCUT2D eigenvalue weighted by atomic mass is 16.5. The van der Waals surface area contributed by atoms with Gasteiger partial charge in [-0.3, -0.25) is 9.59 Å². The number of nitrogens with one attached hydrogen (secondary N) is 1. The lowest BCUT2D eigenvalue weighted by molar-refractivity contribution is -0.125. The number of ether oxygens (including phenoxy) is 1. The van der Waals surface area contributed by atoms with Gasteiger partial charge in [-0.2, -0.15) is 9.61 Å². The van der Waals surface area contributed by atoms with Crippen molar-refractivity contribution in [3.8, 4) is 17.3 Å². The average molecular weight is 475 g/mol. The number of nitrogens with zero attached hydrogens (tertiary/aromatic N) is 7. The van der Waals surface area contributed by atoms with Crippen molar-refractivity contribution in [1.29, 1.82) is 0 Å². The van der Waals surface area contributed by atoms with E-state index in [1.807, 2.05) is 30.3 Å². The van der Waals surface area contributed by atoms with Gasteiger partial charge in [0.1, 0.15) is 12.4 Å². The normalized spacial score (nSPS) is 14.3. The predicted octanol–water partition coefficient (Wildman–Crippen LogP) is 1.30. The van der Waals surface area contributed by atoms with E-state index in [-0.39, 0.29) is 17.4 Å². The molecule has 180 valence electrons. The first-order chi connectivity index (χ1) is 17.1. The molecule has 0 atom stereocenters. The molecule has 3 aromatic heterocycles. The standard InChI is InChI=1S/C24H26N8O3/c1-30-22(33)10-8-20(28-30)31-14-11-18(12-15-31)24(34)25-13-16-35-21-9-7-19-26-27-23(32(19)29-21)17-5-3-2-4-6-17/h2-10,18H,11-16H2,1H3,(H,25,34). The van der Waals surface area contributed by atoms with Crippen molar-refractivity contribution < 1.29 is 9.53 Å². The smallest absolute Gasteiger partial charge is 0.266 e. The molecule has 1 fully saturated rings. The first-order valence-electron chi connectivity index (χ1n) is 11.6. The molecular weight excluding hydrogens is 448 g/mol. The van der Waals surface area contributed by atoms with Crippen LogP contribution in [0.1, 0.15) is 12.8 Å². The number of carbonyl (C=O) groups excluding carboxylic acids is 1. The second kappa shape index (κ2) is 9.92. The van der Waals surface area contributed by atoms with Gasteiger partial charge in [-0.25, -0.2) is 4.68 Å². The van der Waals surface area contributed by atoms with Gasteiger partial charge in [0.25, 0.3) is 5.56 Å². The van der Waals surface area contributed by atoms with Crippen LogP contribution in [-0.4, -0.2) is 61.7 Å². The fourth-order valence-corrected chi connectivity index (χ4v) is 4.12. The Hall–Kier alpha value is -4.28. The van der Waals surface area contributed by atoms with E-state index in [1.54, 1.807) is 29.8 Å². The third kappa shape index (κ3) is 4.98. The number of aromatic nitrogens is 6. The zero-order chi connectivity index (χ0) is 24.2. The van der Waals surface area contributed by atoms with Crippen molar-refractivity contribution in [2.75, 3.05) is 31.1 Å². The average Bonchev–Trinajstić information content (AvgIpc) is 3.32. The van der Waals surface area contributed by atoms with Crippen LogP contribution in [0.25, 0.3) is 17.0 Å². The van der Waals surface area contributed by atoms with Crippen molar-refractivity contribution in [2.24, 2.45) is 13.0 Å². The van der Waals surface area contributed by atoms with E-state index in [9.17, 15) is 9.59 Å². The van der Waals surface area contributed by atoms with E-state index >= 15 is 0 Å². The molecule has 1 N–H and O–H groups in total. The summed E-state index contributed by atoms with van der Waals surface area (Å²) in [6, 6.07) is 16.5. The summed E-state index contributed by atoms with van der Waals surface area (Å²) in [6.07, 6.45) is 1.46. The van der Waals surface area contributed by atoms with Crippen LogP contribution in [0.5, 0.6) is 5.88 Å². The lowest BCUT2D eigenvalue weighted by Crippen LogP contribution is -2.42. The second-order valence-electron chi connectivity index (χ2n) is 8.39. The molecule has 0 unspecified atom stereocenters. The molecule has 35 heavy (non-hydrogen) atoms. The van der Waals surface area contributed by atoms with Crippen LogP contribution < -0.4 is 20.5 Å². The molecule has 0 aliphatic carbocycles. The molecule has 1 aliphatic rings. The molecule has 0 saturated carbocycles. The summed E-state index contributed by atoms with van der Waals surface area (Å²) in [5, 5.41) is 20.1. The first-order valence-corrected chi connectivity index (χ1v) is 11.6. The molecule has 4 aromatic rings. The Bertz CT molecular complexity index is 1380. The van der Waals surface area contributed by atoms with Crippen molar-refractivity contribution in [3.05, 3.63) is 65.0 Å². The molecular formula is C24H26N8O3. The number of hydrogen-bond acceptors (Lipinski definition) is 8. The van der Waals surface area contributed by atoms with Gasteiger partial charge in [-0.1, -0.05) is 30.3 Å². The van der Waals surface area contributed by atoms with Crippen LogP contribution >= 0.6 is 0 Å².